The third kappa shape index (κ3) is 4.99. The molecular weight excluding hydrogens is 243 g/mol. The number of halogens is 1. The van der Waals surface area contributed by atoms with Crippen molar-refractivity contribution in [3.63, 3.8) is 0 Å². The Hall–Kier alpha value is -1.42. The molecule has 1 saturated heterocycles. The van der Waals surface area contributed by atoms with Crippen LogP contribution in [0.5, 0.6) is 0 Å². The first-order valence-electron chi connectivity index (χ1n) is 6.96. The van der Waals surface area contributed by atoms with Crippen LogP contribution in [0.15, 0.2) is 24.3 Å². The van der Waals surface area contributed by atoms with Gasteiger partial charge in [-0.25, -0.2) is 4.39 Å². The molecule has 0 unspecified atom stereocenters. The quantitative estimate of drug-likeness (QED) is 0.852. The van der Waals surface area contributed by atoms with Crippen LogP contribution < -0.4 is 10.6 Å². The van der Waals surface area contributed by atoms with Crippen LogP contribution in [0.2, 0.25) is 0 Å². The maximum absolute atomic E-state index is 13.0. The van der Waals surface area contributed by atoms with E-state index in [4.69, 9.17) is 0 Å². The molecule has 1 aromatic carbocycles. The molecule has 4 heteroatoms. The van der Waals surface area contributed by atoms with E-state index >= 15 is 0 Å². The summed E-state index contributed by atoms with van der Waals surface area (Å²) in [5.74, 6) is 0.400. The highest BCUT2D eigenvalue weighted by atomic mass is 19.1. The van der Waals surface area contributed by atoms with Gasteiger partial charge in [0.15, 0.2) is 0 Å². The molecule has 1 aliphatic heterocycles. The minimum Gasteiger partial charge on any atom is -0.356 e. The van der Waals surface area contributed by atoms with Gasteiger partial charge in [-0.15, -0.1) is 0 Å². The van der Waals surface area contributed by atoms with Gasteiger partial charge < -0.3 is 10.6 Å². The van der Waals surface area contributed by atoms with E-state index in [2.05, 4.69) is 10.6 Å². The van der Waals surface area contributed by atoms with E-state index in [0.717, 1.165) is 31.5 Å². The Morgan fingerprint density at radius 3 is 2.89 bits per heavy atom. The number of piperidine rings is 1. The standard InChI is InChI=1S/C15H21FN2O/c16-14-3-1-2-12(10-14)6-9-18-15(19)11-13-4-7-17-8-5-13/h1-3,10,13,17H,4-9,11H2,(H,18,19). The fraction of sp³-hybridized carbons (Fsp3) is 0.533. The number of hydrogen-bond acceptors (Lipinski definition) is 2. The monoisotopic (exact) mass is 264 g/mol. The average molecular weight is 264 g/mol. The lowest BCUT2D eigenvalue weighted by Gasteiger charge is -2.21. The molecule has 1 amide bonds. The summed E-state index contributed by atoms with van der Waals surface area (Å²) >= 11 is 0. The molecular formula is C15H21FN2O. The summed E-state index contributed by atoms with van der Waals surface area (Å²) in [7, 11) is 0. The second kappa shape index (κ2) is 7.24. The predicted molar refractivity (Wildman–Crippen MR) is 73.3 cm³/mol. The Bertz CT molecular complexity index is 416. The molecule has 1 aromatic rings. The molecule has 0 spiro atoms. The van der Waals surface area contributed by atoms with E-state index in [9.17, 15) is 9.18 Å². The lowest BCUT2D eigenvalue weighted by Crippen LogP contribution is -2.33. The molecule has 1 heterocycles. The van der Waals surface area contributed by atoms with Crippen LogP contribution in [-0.4, -0.2) is 25.5 Å². The summed E-state index contributed by atoms with van der Waals surface area (Å²) in [6.45, 7) is 2.61. The zero-order valence-corrected chi connectivity index (χ0v) is 11.1. The number of rotatable bonds is 5. The van der Waals surface area contributed by atoms with Crippen LogP contribution in [-0.2, 0) is 11.2 Å². The molecule has 1 fully saturated rings. The highest BCUT2D eigenvalue weighted by molar-refractivity contribution is 5.76. The second-order valence-electron chi connectivity index (χ2n) is 5.13. The summed E-state index contributed by atoms with van der Waals surface area (Å²) in [6.07, 6.45) is 3.45. The zero-order chi connectivity index (χ0) is 13.5. The topological polar surface area (TPSA) is 41.1 Å². The Morgan fingerprint density at radius 2 is 2.16 bits per heavy atom. The first kappa shape index (κ1) is 14.0. The van der Waals surface area contributed by atoms with E-state index in [1.54, 1.807) is 6.07 Å². The Morgan fingerprint density at radius 1 is 1.37 bits per heavy atom. The summed E-state index contributed by atoms with van der Waals surface area (Å²) in [5, 5.41) is 6.21. The van der Waals surface area contributed by atoms with Crippen molar-refractivity contribution in [3.05, 3.63) is 35.6 Å². The number of carbonyl (C=O) groups excluding carboxylic acids is 1. The zero-order valence-electron chi connectivity index (χ0n) is 11.1. The van der Waals surface area contributed by atoms with Crippen LogP contribution in [0, 0.1) is 11.7 Å². The van der Waals surface area contributed by atoms with Gasteiger partial charge in [-0.3, -0.25) is 4.79 Å². The van der Waals surface area contributed by atoms with Crippen LogP contribution in [0.4, 0.5) is 4.39 Å². The predicted octanol–water partition coefficient (Wildman–Crippen LogP) is 1.87. The van der Waals surface area contributed by atoms with Crippen molar-refractivity contribution in [3.8, 4) is 0 Å². The van der Waals surface area contributed by atoms with Crippen molar-refractivity contribution in [2.75, 3.05) is 19.6 Å². The van der Waals surface area contributed by atoms with E-state index in [-0.39, 0.29) is 11.7 Å². The van der Waals surface area contributed by atoms with Crippen molar-refractivity contribution < 1.29 is 9.18 Å². The number of benzene rings is 1. The van der Waals surface area contributed by atoms with Crippen LogP contribution in [0.25, 0.3) is 0 Å². The number of nitrogens with one attached hydrogen (secondary N) is 2. The van der Waals surface area contributed by atoms with Crippen molar-refractivity contribution in [2.45, 2.75) is 25.7 Å². The normalized spacial score (nSPS) is 16.3. The Balaban J connectivity index is 1.66. The molecule has 2 N–H and O–H groups in total. The van der Waals surface area contributed by atoms with Crippen molar-refractivity contribution in [1.82, 2.24) is 10.6 Å². The van der Waals surface area contributed by atoms with Crippen molar-refractivity contribution in [1.29, 1.82) is 0 Å². The van der Waals surface area contributed by atoms with Crippen LogP contribution in [0.1, 0.15) is 24.8 Å². The van der Waals surface area contributed by atoms with Crippen LogP contribution >= 0.6 is 0 Å². The average Bonchev–Trinajstić information content (AvgIpc) is 2.40. The van der Waals surface area contributed by atoms with Gasteiger partial charge >= 0.3 is 0 Å². The number of carbonyl (C=O) groups is 1. The minimum atomic E-state index is -0.224. The molecule has 104 valence electrons. The van der Waals surface area contributed by atoms with Crippen LogP contribution in [0.3, 0.4) is 0 Å². The molecule has 0 aliphatic carbocycles. The molecule has 0 aromatic heterocycles. The van der Waals surface area contributed by atoms with Gasteiger partial charge in [-0.05, 0) is 56.0 Å². The highest BCUT2D eigenvalue weighted by Gasteiger charge is 2.16. The Labute approximate surface area is 113 Å². The van der Waals surface area contributed by atoms with Gasteiger partial charge in [0.1, 0.15) is 5.82 Å². The lowest BCUT2D eigenvalue weighted by atomic mass is 9.94. The molecule has 2 rings (SSSR count). The lowest BCUT2D eigenvalue weighted by molar-refractivity contribution is -0.122. The van der Waals surface area contributed by atoms with Gasteiger partial charge in [-0.2, -0.15) is 0 Å². The van der Waals surface area contributed by atoms with Gasteiger partial charge in [0.05, 0.1) is 0 Å². The maximum atomic E-state index is 13.0. The summed E-state index contributed by atoms with van der Waals surface area (Å²) in [4.78, 5) is 11.8. The minimum absolute atomic E-state index is 0.114. The first-order chi connectivity index (χ1) is 9.24. The number of hydrogen-bond donors (Lipinski definition) is 2. The fourth-order valence-corrected chi connectivity index (χ4v) is 2.46. The summed E-state index contributed by atoms with van der Waals surface area (Å²) in [6, 6.07) is 6.52. The summed E-state index contributed by atoms with van der Waals surface area (Å²) in [5.41, 5.74) is 0.919. The smallest absolute Gasteiger partial charge is 0.220 e. The third-order valence-electron chi connectivity index (χ3n) is 3.56. The molecule has 19 heavy (non-hydrogen) atoms. The summed E-state index contributed by atoms with van der Waals surface area (Å²) < 4.78 is 13.0. The third-order valence-corrected chi connectivity index (χ3v) is 3.56. The van der Waals surface area contributed by atoms with Gasteiger partial charge in [0.25, 0.3) is 0 Å². The molecule has 0 saturated carbocycles. The maximum Gasteiger partial charge on any atom is 0.220 e. The van der Waals surface area contributed by atoms with Crippen molar-refractivity contribution >= 4 is 5.91 Å². The van der Waals surface area contributed by atoms with Gasteiger partial charge in [-0.1, -0.05) is 12.1 Å². The van der Waals surface area contributed by atoms with E-state index in [1.807, 2.05) is 6.07 Å². The highest BCUT2D eigenvalue weighted by Crippen LogP contribution is 2.15. The molecule has 0 radical (unpaired) electrons. The largest absolute Gasteiger partial charge is 0.356 e. The fourth-order valence-electron chi connectivity index (χ4n) is 2.46. The Kier molecular flexibility index (Phi) is 5.33. The van der Waals surface area contributed by atoms with Gasteiger partial charge in [0, 0.05) is 13.0 Å². The van der Waals surface area contributed by atoms with Gasteiger partial charge in [0.2, 0.25) is 5.91 Å². The molecule has 0 atom stereocenters. The number of amides is 1. The molecule has 3 nitrogen and oxygen atoms in total. The second-order valence-corrected chi connectivity index (χ2v) is 5.13. The first-order valence-corrected chi connectivity index (χ1v) is 6.96. The van der Waals surface area contributed by atoms with E-state index in [0.29, 0.717) is 25.3 Å². The SMILES string of the molecule is O=C(CC1CCNCC1)NCCc1cccc(F)c1. The molecule has 1 aliphatic rings. The van der Waals surface area contributed by atoms with E-state index < -0.39 is 0 Å². The van der Waals surface area contributed by atoms with Crippen molar-refractivity contribution in [2.24, 2.45) is 5.92 Å². The molecule has 0 bridgehead atoms. The van der Waals surface area contributed by atoms with E-state index in [1.165, 1.54) is 12.1 Å².